The fourth-order valence-electron chi connectivity index (χ4n) is 1.87. The number of carbonyl (C=O) groups excluding carboxylic acids is 1. The van der Waals surface area contributed by atoms with Crippen molar-refractivity contribution in [3.63, 3.8) is 0 Å². The zero-order valence-electron chi connectivity index (χ0n) is 9.63. The van der Waals surface area contributed by atoms with E-state index in [9.17, 15) is 4.79 Å². The Balaban J connectivity index is 1.78. The summed E-state index contributed by atoms with van der Waals surface area (Å²) < 4.78 is 5.22. The van der Waals surface area contributed by atoms with Crippen LogP contribution in [0.25, 0.3) is 0 Å². The molecule has 0 aromatic heterocycles. The van der Waals surface area contributed by atoms with Crippen molar-refractivity contribution in [2.45, 2.75) is 19.1 Å². The molecule has 1 saturated heterocycles. The summed E-state index contributed by atoms with van der Waals surface area (Å²) in [6.07, 6.45) is 0.600. The molecule has 1 aromatic carbocycles. The number of ether oxygens (including phenoxy) is 1. The molecule has 1 aliphatic heterocycles. The van der Waals surface area contributed by atoms with E-state index in [0.29, 0.717) is 19.7 Å². The maximum Gasteiger partial charge on any atom is 0.410 e. The maximum atomic E-state index is 11.7. The summed E-state index contributed by atoms with van der Waals surface area (Å²) in [6.45, 7) is 1.63. The van der Waals surface area contributed by atoms with Crippen LogP contribution >= 0.6 is 0 Å². The van der Waals surface area contributed by atoms with Gasteiger partial charge in [-0.15, -0.1) is 0 Å². The molecule has 1 fully saturated rings. The van der Waals surface area contributed by atoms with E-state index in [0.717, 1.165) is 12.0 Å². The summed E-state index contributed by atoms with van der Waals surface area (Å²) in [5, 5.41) is 0. The number of nitrogens with two attached hydrogens (primary N) is 1. The van der Waals surface area contributed by atoms with Crippen LogP contribution in [0, 0.1) is 0 Å². The second-order valence-electron chi connectivity index (χ2n) is 4.14. The molecule has 1 amide bonds. The predicted octanol–water partition coefficient (Wildman–Crippen LogP) is 0.861. The average molecular weight is 235 g/mol. The number of hydrogen-bond donors (Lipinski definition) is 2. The van der Waals surface area contributed by atoms with Gasteiger partial charge in [0.1, 0.15) is 6.61 Å². The highest BCUT2D eigenvalue weighted by atomic mass is 16.6. The first-order valence-corrected chi connectivity index (χ1v) is 5.71. The first kappa shape index (κ1) is 11.9. The van der Waals surface area contributed by atoms with Crippen molar-refractivity contribution in [3.05, 3.63) is 35.9 Å². The molecule has 1 aromatic rings. The van der Waals surface area contributed by atoms with E-state index in [-0.39, 0.29) is 12.1 Å². The van der Waals surface area contributed by atoms with E-state index in [1.54, 1.807) is 4.90 Å². The van der Waals surface area contributed by atoms with Gasteiger partial charge in [-0.25, -0.2) is 4.79 Å². The van der Waals surface area contributed by atoms with Crippen LogP contribution in [0.3, 0.4) is 0 Å². The van der Waals surface area contributed by atoms with Crippen LogP contribution in [0.4, 0.5) is 4.79 Å². The highest BCUT2D eigenvalue weighted by molar-refractivity contribution is 5.68. The highest BCUT2D eigenvalue weighted by Crippen LogP contribution is 2.11. The van der Waals surface area contributed by atoms with Gasteiger partial charge in [0.15, 0.2) is 0 Å². The molecule has 1 heterocycles. The van der Waals surface area contributed by atoms with Crippen molar-refractivity contribution in [1.29, 1.82) is 0 Å². The zero-order chi connectivity index (χ0) is 12.1. The number of nitrogens with one attached hydrogen (secondary N) is 1. The lowest BCUT2D eigenvalue weighted by atomic mass is 10.2. The lowest BCUT2D eigenvalue weighted by Crippen LogP contribution is -2.38. The molecule has 1 aliphatic rings. The third-order valence-electron chi connectivity index (χ3n) is 2.89. The number of hydrazine groups is 1. The zero-order valence-corrected chi connectivity index (χ0v) is 9.63. The van der Waals surface area contributed by atoms with Gasteiger partial charge in [-0.3, -0.25) is 11.3 Å². The van der Waals surface area contributed by atoms with Crippen LogP contribution in [0.15, 0.2) is 30.3 Å². The molecule has 3 N–H and O–H groups in total. The van der Waals surface area contributed by atoms with E-state index in [2.05, 4.69) is 5.43 Å². The van der Waals surface area contributed by atoms with Gasteiger partial charge in [-0.2, -0.15) is 0 Å². The number of amides is 1. The number of hydrogen-bond acceptors (Lipinski definition) is 4. The van der Waals surface area contributed by atoms with Gasteiger partial charge in [0, 0.05) is 19.1 Å². The summed E-state index contributed by atoms with van der Waals surface area (Å²) in [5.41, 5.74) is 3.67. The molecule has 1 atom stereocenters. The van der Waals surface area contributed by atoms with E-state index in [1.165, 1.54) is 0 Å². The third kappa shape index (κ3) is 3.18. The fourth-order valence-corrected chi connectivity index (χ4v) is 1.87. The Morgan fingerprint density at radius 3 is 2.88 bits per heavy atom. The summed E-state index contributed by atoms with van der Waals surface area (Å²) in [5.74, 6) is 5.33. The lowest BCUT2D eigenvalue weighted by Gasteiger charge is -2.16. The molecular weight excluding hydrogens is 218 g/mol. The van der Waals surface area contributed by atoms with Crippen molar-refractivity contribution < 1.29 is 9.53 Å². The van der Waals surface area contributed by atoms with E-state index in [4.69, 9.17) is 10.6 Å². The number of benzene rings is 1. The smallest absolute Gasteiger partial charge is 0.410 e. The standard InChI is InChI=1S/C12H17N3O2/c13-14-11-6-7-15(8-11)12(16)17-9-10-4-2-1-3-5-10/h1-5,11,14H,6-9,13H2. The first-order chi connectivity index (χ1) is 8.29. The summed E-state index contributed by atoms with van der Waals surface area (Å²) >= 11 is 0. The number of likely N-dealkylation sites (tertiary alicyclic amines) is 1. The first-order valence-electron chi connectivity index (χ1n) is 5.71. The number of nitrogens with zero attached hydrogens (tertiary/aromatic N) is 1. The van der Waals surface area contributed by atoms with Crippen LogP contribution in [-0.2, 0) is 11.3 Å². The molecule has 17 heavy (non-hydrogen) atoms. The predicted molar refractivity (Wildman–Crippen MR) is 63.9 cm³/mol. The topological polar surface area (TPSA) is 67.6 Å². The minimum Gasteiger partial charge on any atom is -0.445 e. The molecule has 5 nitrogen and oxygen atoms in total. The average Bonchev–Trinajstić information content (AvgIpc) is 2.86. The van der Waals surface area contributed by atoms with Crippen LogP contribution in [-0.4, -0.2) is 30.1 Å². The number of rotatable bonds is 3. The van der Waals surface area contributed by atoms with Crippen molar-refractivity contribution in [2.75, 3.05) is 13.1 Å². The molecule has 0 spiro atoms. The molecule has 92 valence electrons. The van der Waals surface area contributed by atoms with E-state index >= 15 is 0 Å². The van der Waals surface area contributed by atoms with Crippen molar-refractivity contribution in [3.8, 4) is 0 Å². The minimum absolute atomic E-state index is 0.180. The Morgan fingerprint density at radius 2 is 2.24 bits per heavy atom. The molecule has 0 radical (unpaired) electrons. The second kappa shape index (κ2) is 5.65. The van der Waals surface area contributed by atoms with Gasteiger partial charge < -0.3 is 9.64 Å². The largest absolute Gasteiger partial charge is 0.445 e. The lowest BCUT2D eigenvalue weighted by molar-refractivity contribution is 0.103. The van der Waals surface area contributed by atoms with Crippen LogP contribution in [0.1, 0.15) is 12.0 Å². The summed E-state index contributed by atoms with van der Waals surface area (Å²) in [4.78, 5) is 13.4. The maximum absolute atomic E-state index is 11.7. The van der Waals surface area contributed by atoms with Gasteiger partial charge in [0.25, 0.3) is 0 Å². The van der Waals surface area contributed by atoms with Crippen molar-refractivity contribution in [1.82, 2.24) is 10.3 Å². The van der Waals surface area contributed by atoms with E-state index in [1.807, 2.05) is 30.3 Å². The van der Waals surface area contributed by atoms with Gasteiger partial charge in [-0.1, -0.05) is 30.3 Å². The Kier molecular flexibility index (Phi) is 3.95. The molecular formula is C12H17N3O2. The fraction of sp³-hybridized carbons (Fsp3) is 0.417. The van der Waals surface area contributed by atoms with Crippen LogP contribution < -0.4 is 11.3 Å². The number of carbonyl (C=O) groups is 1. The quantitative estimate of drug-likeness (QED) is 0.602. The Morgan fingerprint density at radius 1 is 1.47 bits per heavy atom. The monoisotopic (exact) mass is 235 g/mol. The van der Waals surface area contributed by atoms with E-state index < -0.39 is 0 Å². The molecule has 0 aliphatic carbocycles. The van der Waals surface area contributed by atoms with Gasteiger partial charge in [-0.05, 0) is 12.0 Å². The Hall–Kier alpha value is -1.59. The minimum atomic E-state index is -0.272. The molecule has 0 saturated carbocycles. The van der Waals surface area contributed by atoms with Gasteiger partial charge in [0.05, 0.1) is 0 Å². The molecule has 2 rings (SSSR count). The normalized spacial score (nSPS) is 19.4. The Labute approximate surface area is 101 Å². The van der Waals surface area contributed by atoms with Crippen LogP contribution in [0.2, 0.25) is 0 Å². The summed E-state index contributed by atoms with van der Waals surface area (Å²) in [7, 11) is 0. The van der Waals surface area contributed by atoms with Gasteiger partial charge >= 0.3 is 6.09 Å². The third-order valence-corrected chi connectivity index (χ3v) is 2.89. The second-order valence-corrected chi connectivity index (χ2v) is 4.14. The van der Waals surface area contributed by atoms with Crippen LogP contribution in [0.5, 0.6) is 0 Å². The van der Waals surface area contributed by atoms with Gasteiger partial charge in [0.2, 0.25) is 0 Å². The van der Waals surface area contributed by atoms with Crippen molar-refractivity contribution >= 4 is 6.09 Å². The molecule has 1 unspecified atom stereocenters. The molecule has 0 bridgehead atoms. The Bertz CT molecular complexity index is 369. The highest BCUT2D eigenvalue weighted by Gasteiger charge is 2.26. The SMILES string of the molecule is NNC1CCN(C(=O)OCc2ccccc2)C1. The molecule has 5 heteroatoms. The summed E-state index contributed by atoms with van der Waals surface area (Å²) in [6, 6.07) is 9.83. The van der Waals surface area contributed by atoms with Crippen molar-refractivity contribution in [2.24, 2.45) is 5.84 Å².